The maximum absolute atomic E-state index is 12.3. The lowest BCUT2D eigenvalue weighted by Crippen LogP contribution is -2.40. The van der Waals surface area contributed by atoms with Crippen molar-refractivity contribution >= 4 is 17.7 Å². The van der Waals surface area contributed by atoms with Gasteiger partial charge in [0.2, 0.25) is 11.9 Å². The molecule has 8 nitrogen and oxygen atoms in total. The van der Waals surface area contributed by atoms with Crippen molar-refractivity contribution in [1.82, 2.24) is 24.8 Å². The minimum absolute atomic E-state index is 0.00996. The second kappa shape index (κ2) is 7.78. The van der Waals surface area contributed by atoms with Crippen LogP contribution >= 0.6 is 0 Å². The number of nitrogens with one attached hydrogen (secondary N) is 1. The van der Waals surface area contributed by atoms with Gasteiger partial charge in [0.05, 0.1) is 17.9 Å². The molecule has 0 saturated carbocycles. The Hall–Kier alpha value is -2.61. The first kappa shape index (κ1) is 16.3. The Morgan fingerprint density at radius 2 is 2.25 bits per heavy atom. The van der Waals surface area contributed by atoms with Crippen LogP contribution in [0, 0.1) is 0 Å². The van der Waals surface area contributed by atoms with E-state index in [1.807, 2.05) is 11.0 Å². The molecule has 1 N–H and O–H groups in total. The fraction of sp³-hybridized carbons (Fsp3) is 0.438. The SMILES string of the molecule is COCC(=O)N1CCCC[C@@H]1c1ccnc(Nc2cnccn2)n1. The van der Waals surface area contributed by atoms with Crippen molar-refractivity contribution < 1.29 is 9.53 Å². The van der Waals surface area contributed by atoms with Gasteiger partial charge in [-0.1, -0.05) is 0 Å². The molecule has 1 fully saturated rings. The van der Waals surface area contributed by atoms with Crippen LogP contribution in [0.15, 0.2) is 30.9 Å². The fourth-order valence-electron chi connectivity index (χ4n) is 2.84. The van der Waals surface area contributed by atoms with Gasteiger partial charge in [-0.15, -0.1) is 0 Å². The Labute approximate surface area is 140 Å². The van der Waals surface area contributed by atoms with E-state index in [-0.39, 0.29) is 18.6 Å². The molecule has 3 rings (SSSR count). The van der Waals surface area contributed by atoms with Crippen LogP contribution in [0.5, 0.6) is 0 Å². The number of nitrogens with zero attached hydrogens (tertiary/aromatic N) is 5. The summed E-state index contributed by atoms with van der Waals surface area (Å²) in [4.78, 5) is 31.1. The number of methoxy groups -OCH3 is 1. The van der Waals surface area contributed by atoms with Crippen LogP contribution in [0.2, 0.25) is 0 Å². The number of ether oxygens (including phenoxy) is 1. The number of rotatable bonds is 5. The lowest BCUT2D eigenvalue weighted by molar-refractivity contribution is -0.139. The highest BCUT2D eigenvalue weighted by molar-refractivity contribution is 5.78. The molecule has 0 aliphatic carbocycles. The highest BCUT2D eigenvalue weighted by Crippen LogP contribution is 2.30. The third-order valence-electron chi connectivity index (χ3n) is 3.91. The van der Waals surface area contributed by atoms with E-state index in [1.54, 1.807) is 24.8 Å². The second-order valence-corrected chi connectivity index (χ2v) is 5.55. The van der Waals surface area contributed by atoms with Gasteiger partial charge in [0.25, 0.3) is 0 Å². The molecule has 0 unspecified atom stereocenters. The van der Waals surface area contributed by atoms with Gasteiger partial charge >= 0.3 is 0 Å². The number of piperidine rings is 1. The Balaban J connectivity index is 1.79. The number of hydrogen-bond donors (Lipinski definition) is 1. The first-order valence-electron chi connectivity index (χ1n) is 7.92. The number of aromatic nitrogens is 4. The van der Waals surface area contributed by atoms with Crippen LogP contribution in [-0.2, 0) is 9.53 Å². The van der Waals surface area contributed by atoms with Gasteiger partial charge in [-0.3, -0.25) is 9.78 Å². The molecule has 8 heteroatoms. The minimum atomic E-state index is -0.0493. The summed E-state index contributed by atoms with van der Waals surface area (Å²) in [5.41, 5.74) is 0.820. The summed E-state index contributed by atoms with van der Waals surface area (Å²) in [5.74, 6) is 1.01. The van der Waals surface area contributed by atoms with Crippen LogP contribution < -0.4 is 5.32 Å². The fourth-order valence-corrected chi connectivity index (χ4v) is 2.84. The molecular weight excluding hydrogens is 308 g/mol. The van der Waals surface area contributed by atoms with Crippen molar-refractivity contribution in [2.24, 2.45) is 0 Å². The van der Waals surface area contributed by atoms with Crippen molar-refractivity contribution in [3.63, 3.8) is 0 Å². The summed E-state index contributed by atoms with van der Waals surface area (Å²) in [6.07, 6.45) is 9.44. The largest absolute Gasteiger partial charge is 0.375 e. The third-order valence-corrected chi connectivity index (χ3v) is 3.91. The zero-order valence-electron chi connectivity index (χ0n) is 13.6. The number of hydrogen-bond acceptors (Lipinski definition) is 7. The number of carbonyl (C=O) groups is 1. The Bertz CT molecular complexity index is 681. The lowest BCUT2D eigenvalue weighted by atomic mass is 9.99. The van der Waals surface area contributed by atoms with Crippen LogP contribution in [0.1, 0.15) is 31.0 Å². The molecule has 1 aliphatic heterocycles. The smallest absolute Gasteiger partial charge is 0.249 e. The molecular formula is C16H20N6O2. The number of amides is 1. The third kappa shape index (κ3) is 3.83. The molecule has 2 aromatic rings. The van der Waals surface area contributed by atoms with Crippen molar-refractivity contribution in [2.75, 3.05) is 25.6 Å². The molecule has 1 saturated heterocycles. The zero-order chi connectivity index (χ0) is 16.8. The van der Waals surface area contributed by atoms with Crippen molar-refractivity contribution in [1.29, 1.82) is 0 Å². The molecule has 1 aliphatic rings. The predicted octanol–water partition coefficient (Wildman–Crippen LogP) is 1.71. The number of carbonyl (C=O) groups excluding carboxylic acids is 1. The zero-order valence-corrected chi connectivity index (χ0v) is 13.6. The maximum atomic E-state index is 12.3. The molecule has 0 aromatic carbocycles. The second-order valence-electron chi connectivity index (χ2n) is 5.55. The highest BCUT2D eigenvalue weighted by atomic mass is 16.5. The summed E-state index contributed by atoms with van der Waals surface area (Å²) in [5, 5.41) is 3.03. The summed E-state index contributed by atoms with van der Waals surface area (Å²) >= 11 is 0. The lowest BCUT2D eigenvalue weighted by Gasteiger charge is -2.35. The van der Waals surface area contributed by atoms with E-state index in [0.29, 0.717) is 11.8 Å². The van der Waals surface area contributed by atoms with Crippen LogP contribution in [0.3, 0.4) is 0 Å². The average Bonchev–Trinajstić information content (AvgIpc) is 2.63. The van der Waals surface area contributed by atoms with Gasteiger partial charge in [-0.2, -0.15) is 0 Å². The summed E-state index contributed by atoms with van der Waals surface area (Å²) < 4.78 is 4.99. The monoisotopic (exact) mass is 328 g/mol. The summed E-state index contributed by atoms with van der Waals surface area (Å²) in [7, 11) is 1.53. The first-order valence-corrected chi connectivity index (χ1v) is 7.92. The number of likely N-dealkylation sites (tertiary alicyclic amines) is 1. The molecule has 2 aromatic heterocycles. The van der Waals surface area contributed by atoms with Gasteiger partial charge in [-0.25, -0.2) is 15.0 Å². The highest BCUT2D eigenvalue weighted by Gasteiger charge is 2.29. The van der Waals surface area contributed by atoms with Gasteiger partial charge in [0, 0.05) is 32.2 Å². The molecule has 0 bridgehead atoms. The van der Waals surface area contributed by atoms with Crippen molar-refractivity contribution in [3.8, 4) is 0 Å². The maximum Gasteiger partial charge on any atom is 0.249 e. The van der Waals surface area contributed by atoms with Crippen LogP contribution in [-0.4, -0.2) is 51.0 Å². The molecule has 24 heavy (non-hydrogen) atoms. The van der Waals surface area contributed by atoms with E-state index in [1.165, 1.54) is 7.11 Å². The van der Waals surface area contributed by atoms with E-state index in [0.717, 1.165) is 31.5 Å². The van der Waals surface area contributed by atoms with Crippen molar-refractivity contribution in [3.05, 3.63) is 36.5 Å². The van der Waals surface area contributed by atoms with Gasteiger partial charge in [-0.05, 0) is 25.3 Å². The van der Waals surface area contributed by atoms with Gasteiger partial charge in [0.1, 0.15) is 6.61 Å². The quantitative estimate of drug-likeness (QED) is 0.893. The van der Waals surface area contributed by atoms with Gasteiger partial charge < -0.3 is 15.0 Å². The summed E-state index contributed by atoms with van der Waals surface area (Å²) in [6.45, 7) is 0.816. The molecule has 3 heterocycles. The minimum Gasteiger partial charge on any atom is -0.375 e. The molecule has 1 amide bonds. The topological polar surface area (TPSA) is 93.1 Å². The average molecular weight is 328 g/mol. The normalized spacial score (nSPS) is 17.5. The Kier molecular flexibility index (Phi) is 5.27. The molecule has 0 spiro atoms. The molecule has 0 radical (unpaired) electrons. The predicted molar refractivity (Wildman–Crippen MR) is 87.5 cm³/mol. The van der Waals surface area contributed by atoms with E-state index in [4.69, 9.17) is 4.74 Å². The standard InChI is InChI=1S/C16H20N6O2/c1-24-11-15(23)22-9-3-2-4-13(22)12-5-6-19-16(20-12)21-14-10-17-7-8-18-14/h5-8,10,13H,2-4,9,11H2,1H3,(H,18,19,20,21)/t13-/m1/s1. The van der Waals surface area contributed by atoms with E-state index in [2.05, 4.69) is 25.3 Å². The van der Waals surface area contributed by atoms with Crippen LogP contribution in [0.4, 0.5) is 11.8 Å². The van der Waals surface area contributed by atoms with E-state index in [9.17, 15) is 4.79 Å². The summed E-state index contributed by atoms with van der Waals surface area (Å²) in [6, 6.07) is 1.80. The van der Waals surface area contributed by atoms with Gasteiger partial charge in [0.15, 0.2) is 5.82 Å². The Morgan fingerprint density at radius 3 is 3.04 bits per heavy atom. The van der Waals surface area contributed by atoms with Crippen LogP contribution in [0.25, 0.3) is 0 Å². The molecule has 126 valence electrons. The first-order chi connectivity index (χ1) is 11.8. The number of anilines is 2. The van der Waals surface area contributed by atoms with Crippen molar-refractivity contribution in [2.45, 2.75) is 25.3 Å². The molecule has 1 atom stereocenters. The Morgan fingerprint density at radius 1 is 1.33 bits per heavy atom. The van der Waals surface area contributed by atoms with E-state index < -0.39 is 0 Å². The van der Waals surface area contributed by atoms with E-state index >= 15 is 0 Å².